The molecule has 0 amide bonds. The highest BCUT2D eigenvalue weighted by molar-refractivity contribution is 5.73. The molecule has 1 aliphatic carbocycles. The normalized spacial score (nSPS) is 20.0. The average molecular weight is 282 g/mol. The molecule has 0 radical (unpaired) electrons. The zero-order valence-corrected chi connectivity index (χ0v) is 11.7. The van der Waals surface area contributed by atoms with E-state index in [-0.39, 0.29) is 5.92 Å². The zero-order chi connectivity index (χ0) is 14.7. The van der Waals surface area contributed by atoms with Crippen LogP contribution in [0.25, 0.3) is 0 Å². The zero-order valence-electron chi connectivity index (χ0n) is 11.7. The molecule has 0 saturated heterocycles. The van der Waals surface area contributed by atoms with Crippen LogP contribution in [-0.4, -0.2) is 11.1 Å². The first-order valence-corrected chi connectivity index (χ1v) is 7.27. The number of para-hydroxylation sites is 1. The van der Waals surface area contributed by atoms with E-state index in [0.29, 0.717) is 5.92 Å². The monoisotopic (exact) mass is 282 g/mol. The van der Waals surface area contributed by atoms with E-state index in [2.05, 4.69) is 12.1 Å². The molecule has 1 aliphatic rings. The number of carboxylic acid groups (broad SMARTS) is 1. The summed E-state index contributed by atoms with van der Waals surface area (Å²) in [5, 5.41) is 8.88. The van der Waals surface area contributed by atoms with Gasteiger partial charge in [-0.3, -0.25) is 4.79 Å². The van der Waals surface area contributed by atoms with Gasteiger partial charge in [0, 0.05) is 0 Å². The SMILES string of the molecule is O=C(O)C1CC1CCc1ccc(Oc2ccccc2)cc1. The Labute approximate surface area is 124 Å². The first-order chi connectivity index (χ1) is 10.2. The molecule has 0 heterocycles. The highest BCUT2D eigenvalue weighted by Gasteiger charge is 2.42. The first-order valence-electron chi connectivity index (χ1n) is 7.27. The van der Waals surface area contributed by atoms with Crippen LogP contribution in [0.3, 0.4) is 0 Å². The maximum absolute atomic E-state index is 10.8. The largest absolute Gasteiger partial charge is 0.481 e. The number of hydrogen-bond donors (Lipinski definition) is 1. The lowest BCUT2D eigenvalue weighted by Crippen LogP contribution is -2.00. The number of benzene rings is 2. The fraction of sp³-hybridized carbons (Fsp3) is 0.278. The van der Waals surface area contributed by atoms with Gasteiger partial charge in [0.1, 0.15) is 11.5 Å². The number of aliphatic carboxylic acids is 1. The van der Waals surface area contributed by atoms with Crippen molar-refractivity contribution in [1.29, 1.82) is 0 Å². The van der Waals surface area contributed by atoms with Crippen LogP contribution in [0.1, 0.15) is 18.4 Å². The predicted octanol–water partition coefficient (Wildman–Crippen LogP) is 4.13. The van der Waals surface area contributed by atoms with E-state index in [1.165, 1.54) is 5.56 Å². The van der Waals surface area contributed by atoms with Crippen molar-refractivity contribution in [2.45, 2.75) is 19.3 Å². The Morgan fingerprint density at radius 1 is 1.05 bits per heavy atom. The van der Waals surface area contributed by atoms with Gasteiger partial charge in [-0.2, -0.15) is 0 Å². The molecule has 3 heteroatoms. The predicted molar refractivity (Wildman–Crippen MR) is 80.5 cm³/mol. The topological polar surface area (TPSA) is 46.5 Å². The van der Waals surface area contributed by atoms with Gasteiger partial charge in [0.25, 0.3) is 0 Å². The summed E-state index contributed by atoms with van der Waals surface area (Å²) in [6, 6.07) is 17.7. The maximum atomic E-state index is 10.8. The minimum Gasteiger partial charge on any atom is -0.481 e. The van der Waals surface area contributed by atoms with E-state index in [1.807, 2.05) is 42.5 Å². The molecular formula is C18H18O3. The van der Waals surface area contributed by atoms with Gasteiger partial charge >= 0.3 is 5.97 Å². The standard InChI is InChI=1S/C18H18O3/c19-18(20)17-12-14(17)9-6-13-7-10-16(11-8-13)21-15-4-2-1-3-5-15/h1-5,7-8,10-11,14,17H,6,9,12H2,(H,19,20). The summed E-state index contributed by atoms with van der Waals surface area (Å²) in [5.74, 6) is 1.26. The molecule has 0 aliphatic heterocycles. The van der Waals surface area contributed by atoms with E-state index in [0.717, 1.165) is 30.8 Å². The van der Waals surface area contributed by atoms with Crippen molar-refractivity contribution in [3.8, 4) is 11.5 Å². The van der Waals surface area contributed by atoms with Crippen LogP contribution >= 0.6 is 0 Å². The molecule has 108 valence electrons. The number of carbonyl (C=O) groups is 1. The second-order valence-electron chi connectivity index (χ2n) is 5.54. The lowest BCUT2D eigenvalue weighted by molar-refractivity contribution is -0.138. The van der Waals surface area contributed by atoms with Crippen molar-refractivity contribution in [1.82, 2.24) is 0 Å². The molecule has 2 unspecified atom stereocenters. The van der Waals surface area contributed by atoms with Crippen molar-refractivity contribution >= 4 is 5.97 Å². The van der Waals surface area contributed by atoms with Crippen LogP contribution < -0.4 is 4.74 Å². The molecule has 1 N–H and O–H groups in total. The van der Waals surface area contributed by atoms with Crippen molar-refractivity contribution in [2.24, 2.45) is 11.8 Å². The average Bonchev–Trinajstić information content (AvgIpc) is 3.28. The van der Waals surface area contributed by atoms with E-state index < -0.39 is 5.97 Å². The maximum Gasteiger partial charge on any atom is 0.306 e. The minimum absolute atomic E-state index is 0.106. The summed E-state index contributed by atoms with van der Waals surface area (Å²) in [7, 11) is 0. The molecular weight excluding hydrogens is 264 g/mol. The Kier molecular flexibility index (Phi) is 3.91. The van der Waals surface area contributed by atoms with E-state index >= 15 is 0 Å². The summed E-state index contributed by atoms with van der Waals surface area (Å²) >= 11 is 0. The van der Waals surface area contributed by atoms with Gasteiger partial charge in [-0.25, -0.2) is 0 Å². The molecule has 1 fully saturated rings. The Morgan fingerprint density at radius 2 is 1.71 bits per heavy atom. The van der Waals surface area contributed by atoms with Gasteiger partial charge in [0.2, 0.25) is 0 Å². The summed E-state index contributed by atoms with van der Waals surface area (Å²) in [6.45, 7) is 0. The lowest BCUT2D eigenvalue weighted by atomic mass is 10.1. The van der Waals surface area contributed by atoms with Crippen LogP contribution in [-0.2, 0) is 11.2 Å². The van der Waals surface area contributed by atoms with Gasteiger partial charge < -0.3 is 9.84 Å². The van der Waals surface area contributed by atoms with Crippen LogP contribution in [0, 0.1) is 11.8 Å². The van der Waals surface area contributed by atoms with Crippen LogP contribution in [0.15, 0.2) is 54.6 Å². The summed E-state index contributed by atoms with van der Waals surface area (Å²) in [4.78, 5) is 10.8. The third kappa shape index (κ3) is 3.63. The van der Waals surface area contributed by atoms with E-state index in [4.69, 9.17) is 9.84 Å². The second kappa shape index (κ2) is 6.00. The number of rotatable bonds is 6. The van der Waals surface area contributed by atoms with Gasteiger partial charge in [-0.1, -0.05) is 30.3 Å². The smallest absolute Gasteiger partial charge is 0.306 e. The first kappa shape index (κ1) is 13.7. The Hall–Kier alpha value is -2.29. The van der Waals surface area contributed by atoms with Crippen LogP contribution in [0.5, 0.6) is 11.5 Å². The lowest BCUT2D eigenvalue weighted by Gasteiger charge is -2.06. The van der Waals surface area contributed by atoms with Gasteiger partial charge in [-0.05, 0) is 55.0 Å². The van der Waals surface area contributed by atoms with Crippen LogP contribution in [0.4, 0.5) is 0 Å². The third-order valence-electron chi connectivity index (χ3n) is 3.95. The summed E-state index contributed by atoms with van der Waals surface area (Å²) < 4.78 is 5.74. The fourth-order valence-electron chi connectivity index (χ4n) is 2.57. The van der Waals surface area contributed by atoms with E-state index in [9.17, 15) is 4.79 Å². The molecule has 0 aromatic heterocycles. The molecule has 3 nitrogen and oxygen atoms in total. The number of hydrogen-bond acceptors (Lipinski definition) is 2. The molecule has 0 spiro atoms. The molecule has 2 aromatic carbocycles. The molecule has 2 atom stereocenters. The van der Waals surface area contributed by atoms with Gasteiger partial charge in [0.15, 0.2) is 0 Å². The molecule has 0 bridgehead atoms. The van der Waals surface area contributed by atoms with Crippen molar-refractivity contribution in [3.63, 3.8) is 0 Å². The Morgan fingerprint density at radius 3 is 2.33 bits per heavy atom. The van der Waals surface area contributed by atoms with Gasteiger partial charge in [0.05, 0.1) is 5.92 Å². The number of carboxylic acids is 1. The van der Waals surface area contributed by atoms with E-state index in [1.54, 1.807) is 0 Å². The molecule has 3 rings (SSSR count). The highest BCUT2D eigenvalue weighted by atomic mass is 16.5. The molecule has 2 aromatic rings. The summed E-state index contributed by atoms with van der Waals surface area (Å²) in [6.07, 6.45) is 2.72. The Balaban J connectivity index is 1.51. The fourth-order valence-corrected chi connectivity index (χ4v) is 2.57. The quantitative estimate of drug-likeness (QED) is 0.866. The molecule has 21 heavy (non-hydrogen) atoms. The van der Waals surface area contributed by atoms with Crippen LogP contribution in [0.2, 0.25) is 0 Å². The second-order valence-corrected chi connectivity index (χ2v) is 5.54. The Bertz CT molecular complexity index is 604. The van der Waals surface area contributed by atoms with Crippen molar-refractivity contribution in [3.05, 3.63) is 60.2 Å². The third-order valence-corrected chi connectivity index (χ3v) is 3.95. The number of ether oxygens (including phenoxy) is 1. The minimum atomic E-state index is -0.647. The molecule has 1 saturated carbocycles. The van der Waals surface area contributed by atoms with Gasteiger partial charge in [-0.15, -0.1) is 0 Å². The highest BCUT2D eigenvalue weighted by Crippen LogP contribution is 2.42. The number of aryl methyl sites for hydroxylation is 1. The van der Waals surface area contributed by atoms with Crippen molar-refractivity contribution in [2.75, 3.05) is 0 Å². The summed E-state index contributed by atoms with van der Waals surface area (Å²) in [5.41, 5.74) is 1.23. The van der Waals surface area contributed by atoms with Crippen molar-refractivity contribution < 1.29 is 14.6 Å².